The number of hydrogen-bond donors (Lipinski definition) is 1. The van der Waals surface area contributed by atoms with Crippen molar-refractivity contribution in [1.82, 2.24) is 10.3 Å². The molecular formula is C14H18N2O2. The number of fused-ring (bicyclic) bond motifs is 1. The molecule has 1 aromatic heterocycles. The molecule has 0 aliphatic carbocycles. The zero-order chi connectivity index (χ0) is 12.8. The van der Waals surface area contributed by atoms with Crippen molar-refractivity contribution in [2.45, 2.75) is 12.8 Å². The van der Waals surface area contributed by atoms with E-state index in [1.54, 1.807) is 14.2 Å². The van der Waals surface area contributed by atoms with Crippen molar-refractivity contribution in [2.75, 3.05) is 20.8 Å². The minimum absolute atomic E-state index is 0.207. The summed E-state index contributed by atoms with van der Waals surface area (Å²) in [6.45, 7) is 1.44. The number of aromatic nitrogens is 1. The van der Waals surface area contributed by atoms with Crippen molar-refractivity contribution in [3.8, 4) is 0 Å². The van der Waals surface area contributed by atoms with E-state index in [0.717, 1.165) is 11.9 Å². The topological polar surface area (TPSA) is 43.4 Å². The van der Waals surface area contributed by atoms with Crippen LogP contribution in [0.15, 0.2) is 36.7 Å². The van der Waals surface area contributed by atoms with Crippen molar-refractivity contribution < 1.29 is 9.47 Å². The lowest BCUT2D eigenvalue weighted by molar-refractivity contribution is -0.0988. The molecule has 2 aromatic rings. The maximum Gasteiger partial charge on any atom is 0.169 e. The molecule has 0 unspecified atom stereocenters. The highest BCUT2D eigenvalue weighted by Crippen LogP contribution is 2.17. The SMILES string of the molecule is COC(CNCc1cccc2cnccc12)OC. The summed E-state index contributed by atoms with van der Waals surface area (Å²) in [6, 6.07) is 8.27. The first-order valence-corrected chi connectivity index (χ1v) is 5.93. The van der Waals surface area contributed by atoms with Crippen molar-refractivity contribution in [3.63, 3.8) is 0 Å². The molecular weight excluding hydrogens is 228 g/mol. The summed E-state index contributed by atoms with van der Waals surface area (Å²) >= 11 is 0. The predicted molar refractivity (Wildman–Crippen MR) is 71.3 cm³/mol. The third kappa shape index (κ3) is 3.04. The van der Waals surface area contributed by atoms with E-state index in [4.69, 9.17) is 9.47 Å². The van der Waals surface area contributed by atoms with Gasteiger partial charge in [0, 0.05) is 45.1 Å². The van der Waals surface area contributed by atoms with E-state index in [2.05, 4.69) is 22.4 Å². The van der Waals surface area contributed by atoms with Crippen LogP contribution in [0.25, 0.3) is 10.8 Å². The molecule has 0 bridgehead atoms. The van der Waals surface area contributed by atoms with Gasteiger partial charge in [0.15, 0.2) is 6.29 Å². The highest BCUT2D eigenvalue weighted by atomic mass is 16.7. The average molecular weight is 246 g/mol. The van der Waals surface area contributed by atoms with Crippen LogP contribution in [0.5, 0.6) is 0 Å². The van der Waals surface area contributed by atoms with Crippen molar-refractivity contribution in [2.24, 2.45) is 0 Å². The summed E-state index contributed by atoms with van der Waals surface area (Å²) in [4.78, 5) is 4.13. The number of benzene rings is 1. The Bertz CT molecular complexity index is 493. The van der Waals surface area contributed by atoms with Crippen LogP contribution in [0, 0.1) is 0 Å². The van der Waals surface area contributed by atoms with Gasteiger partial charge < -0.3 is 14.8 Å². The normalized spacial score (nSPS) is 11.3. The second kappa shape index (κ2) is 6.44. The molecule has 18 heavy (non-hydrogen) atoms. The molecule has 1 N–H and O–H groups in total. The molecule has 4 nitrogen and oxygen atoms in total. The maximum atomic E-state index is 5.13. The predicted octanol–water partition coefficient (Wildman–Crippen LogP) is 1.94. The molecule has 1 aromatic carbocycles. The second-order valence-corrected chi connectivity index (χ2v) is 4.05. The van der Waals surface area contributed by atoms with Crippen LogP contribution in [0.4, 0.5) is 0 Å². The molecule has 0 saturated carbocycles. The fourth-order valence-electron chi connectivity index (χ4n) is 1.93. The van der Waals surface area contributed by atoms with Crippen LogP contribution in [-0.4, -0.2) is 32.0 Å². The molecule has 0 saturated heterocycles. The summed E-state index contributed by atoms with van der Waals surface area (Å²) in [5.74, 6) is 0. The van der Waals surface area contributed by atoms with E-state index >= 15 is 0 Å². The average Bonchev–Trinajstić information content (AvgIpc) is 2.44. The second-order valence-electron chi connectivity index (χ2n) is 4.05. The Balaban J connectivity index is 2.03. The highest BCUT2D eigenvalue weighted by Gasteiger charge is 2.05. The lowest BCUT2D eigenvalue weighted by Crippen LogP contribution is -2.29. The minimum atomic E-state index is -0.207. The van der Waals surface area contributed by atoms with Gasteiger partial charge in [-0.15, -0.1) is 0 Å². The lowest BCUT2D eigenvalue weighted by atomic mass is 10.1. The van der Waals surface area contributed by atoms with Gasteiger partial charge in [0.2, 0.25) is 0 Å². The number of rotatable bonds is 6. The van der Waals surface area contributed by atoms with Gasteiger partial charge in [0.05, 0.1) is 0 Å². The van der Waals surface area contributed by atoms with Crippen molar-refractivity contribution in [1.29, 1.82) is 0 Å². The van der Waals surface area contributed by atoms with Crippen LogP contribution in [0.2, 0.25) is 0 Å². The van der Waals surface area contributed by atoms with E-state index in [1.807, 2.05) is 24.5 Å². The standard InChI is InChI=1S/C14H18N2O2/c1-17-14(18-2)10-16-9-12-5-3-4-11-8-15-7-6-13(11)12/h3-8,14,16H,9-10H2,1-2H3. The quantitative estimate of drug-likeness (QED) is 0.791. The van der Waals surface area contributed by atoms with Crippen LogP contribution >= 0.6 is 0 Å². The fraction of sp³-hybridized carbons (Fsp3) is 0.357. The Hall–Kier alpha value is -1.49. The molecule has 0 aliphatic heterocycles. The monoisotopic (exact) mass is 246 g/mol. The van der Waals surface area contributed by atoms with Crippen molar-refractivity contribution >= 4 is 10.8 Å². The van der Waals surface area contributed by atoms with E-state index in [0.29, 0.717) is 6.54 Å². The molecule has 0 amide bonds. The largest absolute Gasteiger partial charge is 0.355 e. The smallest absolute Gasteiger partial charge is 0.169 e. The summed E-state index contributed by atoms with van der Waals surface area (Å²) in [5.41, 5.74) is 1.25. The number of nitrogens with zero attached hydrogens (tertiary/aromatic N) is 1. The van der Waals surface area contributed by atoms with Gasteiger partial charge in [0.1, 0.15) is 0 Å². The third-order valence-electron chi connectivity index (χ3n) is 2.92. The molecule has 96 valence electrons. The fourth-order valence-corrected chi connectivity index (χ4v) is 1.93. The summed E-state index contributed by atoms with van der Waals surface area (Å²) in [5, 5.41) is 5.71. The molecule has 0 atom stereocenters. The van der Waals surface area contributed by atoms with E-state index < -0.39 is 0 Å². The molecule has 0 radical (unpaired) electrons. The summed E-state index contributed by atoms with van der Waals surface area (Å²) in [7, 11) is 3.28. The Morgan fingerprint density at radius 1 is 1.22 bits per heavy atom. The number of methoxy groups -OCH3 is 2. The first kappa shape index (κ1) is 13.0. The van der Waals surface area contributed by atoms with Gasteiger partial charge in [0.25, 0.3) is 0 Å². The van der Waals surface area contributed by atoms with Gasteiger partial charge >= 0.3 is 0 Å². The van der Waals surface area contributed by atoms with Gasteiger partial charge in [-0.25, -0.2) is 0 Å². The summed E-state index contributed by atoms with van der Waals surface area (Å²) in [6.07, 6.45) is 3.49. The molecule has 2 rings (SSSR count). The molecule has 0 fully saturated rings. The number of pyridine rings is 1. The summed E-state index contributed by atoms with van der Waals surface area (Å²) < 4.78 is 10.3. The van der Waals surface area contributed by atoms with Crippen LogP contribution < -0.4 is 5.32 Å². The zero-order valence-corrected chi connectivity index (χ0v) is 10.7. The number of nitrogens with one attached hydrogen (secondary N) is 1. The van der Waals surface area contributed by atoms with Crippen LogP contribution in [0.3, 0.4) is 0 Å². The molecule has 0 aliphatic rings. The van der Waals surface area contributed by atoms with E-state index in [9.17, 15) is 0 Å². The van der Waals surface area contributed by atoms with Gasteiger partial charge in [-0.2, -0.15) is 0 Å². The first-order valence-electron chi connectivity index (χ1n) is 5.93. The Kier molecular flexibility index (Phi) is 4.64. The number of hydrogen-bond acceptors (Lipinski definition) is 4. The van der Waals surface area contributed by atoms with Gasteiger partial charge in [-0.3, -0.25) is 4.98 Å². The van der Waals surface area contributed by atoms with Gasteiger partial charge in [-0.1, -0.05) is 18.2 Å². The van der Waals surface area contributed by atoms with Crippen LogP contribution in [0.1, 0.15) is 5.56 Å². The molecule has 1 heterocycles. The third-order valence-corrected chi connectivity index (χ3v) is 2.92. The van der Waals surface area contributed by atoms with Crippen LogP contribution in [-0.2, 0) is 16.0 Å². The zero-order valence-electron chi connectivity index (χ0n) is 10.7. The lowest BCUT2D eigenvalue weighted by Gasteiger charge is -2.14. The van der Waals surface area contributed by atoms with E-state index in [-0.39, 0.29) is 6.29 Å². The highest BCUT2D eigenvalue weighted by molar-refractivity contribution is 5.84. The van der Waals surface area contributed by atoms with Crippen molar-refractivity contribution in [3.05, 3.63) is 42.2 Å². The first-order chi connectivity index (χ1) is 8.85. The van der Waals surface area contributed by atoms with E-state index in [1.165, 1.54) is 10.9 Å². The Morgan fingerprint density at radius 3 is 2.83 bits per heavy atom. The maximum absolute atomic E-state index is 5.13. The minimum Gasteiger partial charge on any atom is -0.355 e. The molecule has 4 heteroatoms. The molecule has 0 spiro atoms. The number of ether oxygens (including phenoxy) is 2. The van der Waals surface area contributed by atoms with Gasteiger partial charge in [-0.05, 0) is 17.0 Å². The Morgan fingerprint density at radius 2 is 2.06 bits per heavy atom. The Labute approximate surface area is 107 Å².